The summed E-state index contributed by atoms with van der Waals surface area (Å²) in [7, 11) is -1.75. The Bertz CT molecular complexity index is 700. The molecule has 0 saturated carbocycles. The first kappa shape index (κ1) is 24.7. The van der Waals surface area contributed by atoms with Gasteiger partial charge in [0, 0.05) is 18.7 Å². The molecule has 1 atom stereocenters. The van der Waals surface area contributed by atoms with E-state index < -0.39 is 31.7 Å². The Hall–Kier alpha value is -2.39. The molecular weight excluding hydrogens is 379 g/mol. The molecule has 8 nitrogen and oxygen atoms in total. The van der Waals surface area contributed by atoms with Gasteiger partial charge in [0.25, 0.3) is 0 Å². The SMILES string of the molecule is CCC(=O)C[C@@H](Cc1cccc(C(=O)OCOC(=O)C(CC)CC)c1O)B(O)O. The summed E-state index contributed by atoms with van der Waals surface area (Å²) in [6.45, 7) is 4.82. The number of carbonyl (C=O) groups excluding carboxylic acids is 3. The van der Waals surface area contributed by atoms with E-state index in [0.29, 0.717) is 12.8 Å². The Kier molecular flexibility index (Phi) is 10.4. The van der Waals surface area contributed by atoms with E-state index in [4.69, 9.17) is 9.47 Å². The molecule has 0 radical (unpaired) electrons. The summed E-state index contributed by atoms with van der Waals surface area (Å²) in [5.74, 6) is -2.94. The number of rotatable bonds is 12. The van der Waals surface area contributed by atoms with Crippen LogP contribution in [0.25, 0.3) is 0 Å². The normalized spacial score (nSPS) is 11.8. The van der Waals surface area contributed by atoms with Gasteiger partial charge >= 0.3 is 19.1 Å². The minimum absolute atomic E-state index is 0.0139. The third kappa shape index (κ3) is 7.51. The fraction of sp³-hybridized carbons (Fsp3) is 0.550. The summed E-state index contributed by atoms with van der Waals surface area (Å²) >= 11 is 0. The summed E-state index contributed by atoms with van der Waals surface area (Å²) < 4.78 is 9.85. The number of Topliss-reactive ketones (excluding diaryl/α,β-unsaturated/α-hetero) is 1. The van der Waals surface area contributed by atoms with Crippen LogP contribution in [0.4, 0.5) is 0 Å². The topological polar surface area (TPSA) is 130 Å². The van der Waals surface area contributed by atoms with Crippen molar-refractivity contribution in [1.29, 1.82) is 0 Å². The van der Waals surface area contributed by atoms with E-state index in [-0.39, 0.29) is 47.8 Å². The van der Waals surface area contributed by atoms with Gasteiger partial charge in [0.1, 0.15) is 17.1 Å². The van der Waals surface area contributed by atoms with Crippen LogP contribution < -0.4 is 0 Å². The number of esters is 2. The maximum Gasteiger partial charge on any atom is 0.455 e. The molecule has 0 aromatic heterocycles. The van der Waals surface area contributed by atoms with Gasteiger partial charge in [-0.1, -0.05) is 32.9 Å². The van der Waals surface area contributed by atoms with Gasteiger partial charge in [-0.3, -0.25) is 9.59 Å². The second-order valence-corrected chi connectivity index (χ2v) is 6.81. The minimum Gasteiger partial charge on any atom is -0.507 e. The molecule has 0 amide bonds. The highest BCUT2D eigenvalue weighted by Crippen LogP contribution is 2.29. The second kappa shape index (κ2) is 12.2. The molecule has 0 unspecified atom stereocenters. The quantitative estimate of drug-likeness (QED) is 0.273. The van der Waals surface area contributed by atoms with Crippen molar-refractivity contribution >= 4 is 24.8 Å². The predicted octanol–water partition coefficient (Wildman–Crippen LogP) is 2.24. The zero-order valence-electron chi connectivity index (χ0n) is 17.1. The molecule has 0 bridgehead atoms. The van der Waals surface area contributed by atoms with E-state index in [0.717, 1.165) is 0 Å². The van der Waals surface area contributed by atoms with Crippen molar-refractivity contribution in [1.82, 2.24) is 0 Å². The van der Waals surface area contributed by atoms with E-state index in [2.05, 4.69) is 0 Å². The Labute approximate surface area is 171 Å². The Morgan fingerprint density at radius 3 is 2.28 bits per heavy atom. The molecule has 1 aromatic rings. The maximum atomic E-state index is 12.2. The number of ketones is 1. The summed E-state index contributed by atoms with van der Waals surface area (Å²) in [4.78, 5) is 35.7. The maximum absolute atomic E-state index is 12.2. The van der Waals surface area contributed by atoms with Crippen molar-refractivity contribution < 1.29 is 39.0 Å². The molecule has 9 heteroatoms. The highest BCUT2D eigenvalue weighted by Gasteiger charge is 2.28. The average Bonchev–Trinajstić information content (AvgIpc) is 2.69. The molecule has 160 valence electrons. The van der Waals surface area contributed by atoms with Crippen molar-refractivity contribution in [2.24, 2.45) is 5.92 Å². The molecular formula is C20H29BO8. The van der Waals surface area contributed by atoms with Crippen LogP contribution in [-0.4, -0.2) is 46.8 Å². The number of hydrogen-bond donors (Lipinski definition) is 3. The van der Waals surface area contributed by atoms with Crippen LogP contribution >= 0.6 is 0 Å². The van der Waals surface area contributed by atoms with Gasteiger partial charge in [0.15, 0.2) is 0 Å². The van der Waals surface area contributed by atoms with E-state index in [9.17, 15) is 29.5 Å². The van der Waals surface area contributed by atoms with Crippen molar-refractivity contribution in [2.45, 2.75) is 58.7 Å². The fourth-order valence-corrected chi connectivity index (χ4v) is 2.88. The van der Waals surface area contributed by atoms with Gasteiger partial charge in [0.2, 0.25) is 6.79 Å². The van der Waals surface area contributed by atoms with Crippen LogP contribution in [0, 0.1) is 5.92 Å². The summed E-state index contributed by atoms with van der Waals surface area (Å²) in [5.41, 5.74) is 0.129. The highest BCUT2D eigenvalue weighted by molar-refractivity contribution is 6.43. The van der Waals surface area contributed by atoms with Crippen LogP contribution in [0.1, 0.15) is 62.4 Å². The lowest BCUT2D eigenvalue weighted by Crippen LogP contribution is -2.24. The van der Waals surface area contributed by atoms with Crippen LogP contribution in [0.2, 0.25) is 5.82 Å². The molecule has 0 fully saturated rings. The molecule has 0 saturated heterocycles. The van der Waals surface area contributed by atoms with E-state index >= 15 is 0 Å². The monoisotopic (exact) mass is 408 g/mol. The van der Waals surface area contributed by atoms with Crippen molar-refractivity contribution in [3.63, 3.8) is 0 Å². The summed E-state index contributed by atoms with van der Waals surface area (Å²) in [6, 6.07) is 4.36. The first-order valence-corrected chi connectivity index (χ1v) is 9.77. The third-order valence-electron chi connectivity index (χ3n) is 4.84. The minimum atomic E-state index is -1.75. The van der Waals surface area contributed by atoms with Crippen molar-refractivity contribution in [3.05, 3.63) is 29.3 Å². The lowest BCUT2D eigenvalue weighted by molar-refractivity contribution is -0.157. The summed E-state index contributed by atoms with van der Waals surface area (Å²) in [6.07, 6.45) is 1.42. The molecule has 0 aliphatic rings. The number of phenolic OH excluding ortho intramolecular Hbond substituents is 1. The third-order valence-corrected chi connectivity index (χ3v) is 4.84. The number of hydrogen-bond acceptors (Lipinski definition) is 8. The largest absolute Gasteiger partial charge is 0.507 e. The number of benzene rings is 1. The lowest BCUT2D eigenvalue weighted by Gasteiger charge is -2.17. The molecule has 0 spiro atoms. The standard InChI is InChI=1S/C20H29BO8/c1-4-13(5-2)19(24)28-12-29-20(25)17-9-7-8-14(18(17)23)10-15(21(26)27)11-16(22)6-3/h7-9,13,15,23,26-27H,4-6,10-12H2,1-3H3/t15-/m1/s1. The zero-order valence-corrected chi connectivity index (χ0v) is 17.1. The molecule has 0 aliphatic heterocycles. The number of phenols is 1. The Balaban J connectivity index is 2.80. The number of aromatic hydroxyl groups is 1. The molecule has 1 aromatic carbocycles. The lowest BCUT2D eigenvalue weighted by atomic mass is 9.67. The second-order valence-electron chi connectivity index (χ2n) is 6.81. The number of para-hydroxylation sites is 1. The highest BCUT2D eigenvalue weighted by atomic mass is 16.7. The van der Waals surface area contributed by atoms with Gasteiger partial charge in [-0.05, 0) is 30.9 Å². The number of carbonyl (C=O) groups is 3. The molecule has 0 heterocycles. The zero-order chi connectivity index (χ0) is 22.0. The smallest absolute Gasteiger partial charge is 0.455 e. The van der Waals surface area contributed by atoms with Gasteiger partial charge < -0.3 is 24.6 Å². The predicted molar refractivity (Wildman–Crippen MR) is 106 cm³/mol. The van der Waals surface area contributed by atoms with E-state index in [1.165, 1.54) is 18.2 Å². The van der Waals surface area contributed by atoms with Crippen LogP contribution in [0.15, 0.2) is 18.2 Å². The van der Waals surface area contributed by atoms with Crippen LogP contribution in [0.5, 0.6) is 5.75 Å². The molecule has 3 N–H and O–H groups in total. The Morgan fingerprint density at radius 1 is 1.07 bits per heavy atom. The summed E-state index contributed by atoms with van der Waals surface area (Å²) in [5, 5.41) is 29.4. The first-order valence-electron chi connectivity index (χ1n) is 9.77. The van der Waals surface area contributed by atoms with E-state index in [1.807, 2.05) is 13.8 Å². The first-order chi connectivity index (χ1) is 13.7. The van der Waals surface area contributed by atoms with Gasteiger partial charge in [0.05, 0.1) is 5.92 Å². The van der Waals surface area contributed by atoms with Gasteiger partial charge in [-0.2, -0.15) is 0 Å². The van der Waals surface area contributed by atoms with Crippen LogP contribution in [0.3, 0.4) is 0 Å². The molecule has 29 heavy (non-hydrogen) atoms. The van der Waals surface area contributed by atoms with Crippen molar-refractivity contribution in [3.8, 4) is 5.75 Å². The van der Waals surface area contributed by atoms with Crippen molar-refractivity contribution in [2.75, 3.05) is 6.79 Å². The Morgan fingerprint density at radius 2 is 1.72 bits per heavy atom. The van der Waals surface area contributed by atoms with Gasteiger partial charge in [-0.25, -0.2) is 4.79 Å². The average molecular weight is 408 g/mol. The molecule has 1 rings (SSSR count). The number of ether oxygens (including phenoxy) is 2. The van der Waals surface area contributed by atoms with Crippen LogP contribution in [-0.2, 0) is 25.5 Å². The fourth-order valence-electron chi connectivity index (χ4n) is 2.88. The van der Waals surface area contributed by atoms with E-state index in [1.54, 1.807) is 6.92 Å². The van der Waals surface area contributed by atoms with Gasteiger partial charge in [-0.15, -0.1) is 0 Å². The molecule has 0 aliphatic carbocycles.